The van der Waals surface area contributed by atoms with Crippen LogP contribution in [0.15, 0.2) is 77.2 Å². The molecule has 4 aromatic rings. The molecule has 4 rings (SSSR count). The largest absolute Gasteiger partial charge is 0.489 e. The Labute approximate surface area is 212 Å². The Bertz CT molecular complexity index is 1500. The molecule has 1 amide bonds. The zero-order valence-corrected chi connectivity index (χ0v) is 19.7. The molecule has 0 fully saturated rings. The quantitative estimate of drug-likeness (QED) is 0.166. The molecule has 196 valence electrons. The number of fused-ring (bicyclic) bond motifs is 1. The summed E-state index contributed by atoms with van der Waals surface area (Å²) >= 11 is 0. The van der Waals surface area contributed by atoms with Crippen molar-refractivity contribution in [2.75, 3.05) is 5.32 Å². The van der Waals surface area contributed by atoms with Gasteiger partial charge in [0.05, 0.1) is 21.7 Å². The third-order valence-electron chi connectivity index (χ3n) is 5.44. The first-order valence-corrected chi connectivity index (χ1v) is 11.1. The minimum absolute atomic E-state index is 0.0657. The number of nitro benzene ring substituents is 1. The molecule has 0 unspecified atom stereocenters. The summed E-state index contributed by atoms with van der Waals surface area (Å²) in [7, 11) is 0. The smallest absolute Gasteiger partial charge is 0.418 e. The summed E-state index contributed by atoms with van der Waals surface area (Å²) in [6.45, 7) is 1.10. The Hall–Kier alpha value is -4.87. The van der Waals surface area contributed by atoms with E-state index in [1.54, 1.807) is 48.5 Å². The fourth-order valence-electron chi connectivity index (χ4n) is 3.57. The van der Waals surface area contributed by atoms with Crippen LogP contribution in [0.2, 0.25) is 0 Å². The van der Waals surface area contributed by atoms with E-state index in [4.69, 9.17) is 13.9 Å². The summed E-state index contributed by atoms with van der Waals surface area (Å²) in [6, 6.07) is 17.4. The van der Waals surface area contributed by atoms with E-state index >= 15 is 0 Å². The highest BCUT2D eigenvalue weighted by Crippen LogP contribution is 2.37. The van der Waals surface area contributed by atoms with Crippen LogP contribution in [0.5, 0.6) is 5.75 Å². The fourth-order valence-corrected chi connectivity index (χ4v) is 3.57. The summed E-state index contributed by atoms with van der Waals surface area (Å²) in [6.07, 6.45) is -6.54. The van der Waals surface area contributed by atoms with Crippen LogP contribution in [-0.4, -0.2) is 22.9 Å². The second-order valence-corrected chi connectivity index (χ2v) is 8.03. The van der Waals surface area contributed by atoms with Crippen molar-refractivity contribution in [2.45, 2.75) is 25.8 Å². The molecule has 1 atom stereocenters. The molecule has 0 spiro atoms. The maximum absolute atomic E-state index is 13.4. The number of rotatable bonds is 8. The van der Waals surface area contributed by atoms with E-state index in [1.807, 2.05) is 11.4 Å². The lowest BCUT2D eigenvalue weighted by Crippen LogP contribution is -2.31. The molecule has 0 aliphatic rings. The molecule has 0 aliphatic carbocycles. The standard InChI is InChI=1S/C26H19F3N2O7/c1-15(24(32)30-21-12-11-16(31(34)35)13-20(21)26(27,28)29)37-25(33)23-19(14-36-17-7-3-2-4-8-17)18-9-5-6-10-22(18)38-23/h2-13,15H,14H2,1H3,(H,30,32)/t15-/m1/s1. The van der Waals surface area contributed by atoms with Crippen molar-refractivity contribution >= 4 is 34.2 Å². The van der Waals surface area contributed by atoms with Crippen LogP contribution in [0.3, 0.4) is 0 Å². The number of amides is 1. The van der Waals surface area contributed by atoms with E-state index in [0.717, 1.165) is 19.1 Å². The van der Waals surface area contributed by atoms with Crippen molar-refractivity contribution in [1.82, 2.24) is 0 Å². The average Bonchev–Trinajstić information content (AvgIpc) is 3.26. The lowest BCUT2D eigenvalue weighted by Gasteiger charge is -2.16. The molecule has 0 saturated carbocycles. The summed E-state index contributed by atoms with van der Waals surface area (Å²) < 4.78 is 56.9. The highest BCUT2D eigenvalue weighted by molar-refractivity contribution is 5.99. The van der Waals surface area contributed by atoms with Crippen LogP contribution in [-0.2, 0) is 22.3 Å². The van der Waals surface area contributed by atoms with Crippen molar-refractivity contribution in [2.24, 2.45) is 0 Å². The van der Waals surface area contributed by atoms with Crippen LogP contribution in [0, 0.1) is 10.1 Å². The molecule has 12 heteroatoms. The normalized spacial score (nSPS) is 12.1. The number of nitrogens with one attached hydrogen (secondary N) is 1. The number of carbonyl (C=O) groups is 2. The van der Waals surface area contributed by atoms with Gasteiger partial charge in [-0.1, -0.05) is 36.4 Å². The SMILES string of the molecule is C[C@@H](OC(=O)c1oc2ccccc2c1COc1ccccc1)C(=O)Nc1ccc([N+](=O)[O-])cc1C(F)(F)F. The second kappa shape index (κ2) is 10.6. The predicted octanol–water partition coefficient (Wildman–Crippen LogP) is 6.12. The van der Waals surface area contributed by atoms with Gasteiger partial charge >= 0.3 is 12.1 Å². The van der Waals surface area contributed by atoms with E-state index in [-0.39, 0.29) is 12.4 Å². The number of para-hydroxylation sites is 2. The van der Waals surface area contributed by atoms with Gasteiger partial charge in [-0.25, -0.2) is 4.79 Å². The third kappa shape index (κ3) is 5.75. The van der Waals surface area contributed by atoms with E-state index in [2.05, 4.69) is 0 Å². The molecular formula is C26H19F3N2O7. The minimum atomic E-state index is -4.99. The number of anilines is 1. The van der Waals surface area contributed by atoms with Crippen molar-refractivity contribution in [1.29, 1.82) is 0 Å². The van der Waals surface area contributed by atoms with Gasteiger partial charge in [0.1, 0.15) is 17.9 Å². The van der Waals surface area contributed by atoms with Gasteiger partial charge in [-0.3, -0.25) is 14.9 Å². The molecular weight excluding hydrogens is 509 g/mol. The fraction of sp³-hybridized carbons (Fsp3) is 0.154. The molecule has 0 radical (unpaired) electrons. The highest BCUT2D eigenvalue weighted by atomic mass is 19.4. The van der Waals surface area contributed by atoms with Gasteiger partial charge in [-0.05, 0) is 31.2 Å². The topological polar surface area (TPSA) is 121 Å². The van der Waals surface area contributed by atoms with Crippen molar-refractivity contribution in [3.8, 4) is 5.75 Å². The number of nitro groups is 1. The van der Waals surface area contributed by atoms with Crippen LogP contribution in [0.1, 0.15) is 28.6 Å². The van der Waals surface area contributed by atoms with E-state index < -0.39 is 46.0 Å². The molecule has 1 N–H and O–H groups in total. The minimum Gasteiger partial charge on any atom is -0.489 e. The molecule has 0 aliphatic heterocycles. The number of ether oxygens (including phenoxy) is 2. The number of furan rings is 1. The van der Waals surface area contributed by atoms with Crippen molar-refractivity contribution < 1.29 is 41.6 Å². The Kier molecular flexibility index (Phi) is 7.33. The Morgan fingerprint density at radius 1 is 1.05 bits per heavy atom. The Balaban J connectivity index is 1.53. The van der Waals surface area contributed by atoms with Gasteiger partial charge in [0.15, 0.2) is 6.10 Å². The van der Waals surface area contributed by atoms with E-state index in [1.165, 1.54) is 0 Å². The number of non-ortho nitro benzene ring substituents is 1. The molecule has 1 heterocycles. The summed E-state index contributed by atoms with van der Waals surface area (Å²) in [5, 5.41) is 13.5. The van der Waals surface area contributed by atoms with Gasteiger partial charge in [0.25, 0.3) is 11.6 Å². The number of carbonyl (C=O) groups excluding carboxylic acids is 2. The Morgan fingerprint density at radius 3 is 2.42 bits per heavy atom. The van der Waals surface area contributed by atoms with Crippen molar-refractivity contribution in [3.05, 3.63) is 99.8 Å². The average molecular weight is 528 g/mol. The number of hydrogen-bond acceptors (Lipinski definition) is 7. The van der Waals surface area contributed by atoms with Crippen molar-refractivity contribution in [3.63, 3.8) is 0 Å². The Morgan fingerprint density at radius 2 is 1.74 bits per heavy atom. The van der Waals surface area contributed by atoms with Gasteiger partial charge in [0, 0.05) is 17.5 Å². The zero-order valence-electron chi connectivity index (χ0n) is 19.7. The first-order chi connectivity index (χ1) is 18.0. The summed E-state index contributed by atoms with van der Waals surface area (Å²) in [5.41, 5.74) is -2.22. The van der Waals surface area contributed by atoms with E-state index in [0.29, 0.717) is 28.3 Å². The maximum Gasteiger partial charge on any atom is 0.418 e. The monoisotopic (exact) mass is 528 g/mol. The predicted molar refractivity (Wildman–Crippen MR) is 129 cm³/mol. The maximum atomic E-state index is 13.4. The number of hydrogen-bond donors (Lipinski definition) is 1. The molecule has 0 saturated heterocycles. The highest BCUT2D eigenvalue weighted by Gasteiger charge is 2.36. The van der Waals surface area contributed by atoms with Crippen LogP contribution >= 0.6 is 0 Å². The van der Waals surface area contributed by atoms with E-state index in [9.17, 15) is 32.9 Å². The summed E-state index contributed by atoms with van der Waals surface area (Å²) in [4.78, 5) is 35.4. The van der Waals surface area contributed by atoms with Crippen LogP contribution in [0.4, 0.5) is 24.5 Å². The first kappa shape index (κ1) is 26.2. The van der Waals surface area contributed by atoms with Gasteiger partial charge in [-0.15, -0.1) is 0 Å². The second-order valence-electron chi connectivity index (χ2n) is 8.03. The molecule has 9 nitrogen and oxygen atoms in total. The first-order valence-electron chi connectivity index (χ1n) is 11.1. The number of esters is 1. The molecule has 0 bridgehead atoms. The number of alkyl halides is 3. The zero-order chi connectivity index (χ0) is 27.4. The van der Waals surface area contributed by atoms with Gasteiger partial charge in [-0.2, -0.15) is 13.2 Å². The molecule has 38 heavy (non-hydrogen) atoms. The molecule has 3 aromatic carbocycles. The van der Waals surface area contributed by atoms with Crippen LogP contribution in [0.25, 0.3) is 11.0 Å². The number of benzene rings is 3. The van der Waals surface area contributed by atoms with Gasteiger partial charge < -0.3 is 19.2 Å². The van der Waals surface area contributed by atoms with Crippen LogP contribution < -0.4 is 10.1 Å². The van der Waals surface area contributed by atoms with Gasteiger partial charge in [0.2, 0.25) is 5.76 Å². The number of halogens is 3. The lowest BCUT2D eigenvalue weighted by atomic mass is 10.1. The number of nitrogens with zero attached hydrogens (tertiary/aromatic N) is 1. The summed E-state index contributed by atoms with van der Waals surface area (Å²) in [5.74, 6) is -1.81. The third-order valence-corrected chi connectivity index (χ3v) is 5.44. The lowest BCUT2D eigenvalue weighted by molar-refractivity contribution is -0.385. The molecule has 1 aromatic heterocycles.